The smallest absolute Gasteiger partial charge is 0.416 e. The molecule has 0 radical (unpaired) electrons. The summed E-state index contributed by atoms with van der Waals surface area (Å²) < 4.78 is 72.2. The van der Waals surface area contributed by atoms with Crippen LogP contribution >= 0.6 is 0 Å². The maximum absolute atomic E-state index is 15.4. The van der Waals surface area contributed by atoms with Gasteiger partial charge in [-0.2, -0.15) is 13.2 Å². The number of alkyl halides is 3. The number of amides is 2. The first-order chi connectivity index (χ1) is 21.9. The van der Waals surface area contributed by atoms with Gasteiger partial charge in [-0.15, -0.1) is 0 Å². The van der Waals surface area contributed by atoms with E-state index in [9.17, 15) is 22.8 Å². The van der Waals surface area contributed by atoms with E-state index >= 15 is 4.39 Å². The molecule has 0 bridgehead atoms. The molecule has 1 aliphatic rings. The molecule has 1 atom stereocenters. The first-order valence-electron chi connectivity index (χ1n) is 14.5. The van der Waals surface area contributed by atoms with Gasteiger partial charge in [-0.1, -0.05) is 12.1 Å². The van der Waals surface area contributed by atoms with E-state index in [4.69, 9.17) is 19.9 Å². The summed E-state index contributed by atoms with van der Waals surface area (Å²) >= 11 is 0. The molecule has 1 aromatic heterocycles. The van der Waals surface area contributed by atoms with E-state index in [1.807, 2.05) is 6.92 Å². The van der Waals surface area contributed by atoms with E-state index in [2.05, 4.69) is 10.3 Å². The van der Waals surface area contributed by atoms with Gasteiger partial charge in [0.2, 0.25) is 0 Å². The Morgan fingerprint density at radius 3 is 2.35 bits per heavy atom. The first kappa shape index (κ1) is 32.5. The minimum Gasteiger partial charge on any atom is -0.493 e. The Kier molecular flexibility index (Phi) is 9.61. The molecule has 13 heteroatoms. The molecule has 2 heterocycles. The number of fused-ring (bicyclic) bond motifs is 1. The molecule has 1 aliphatic heterocycles. The standard InChI is InChI=1S/C33H32F4N4O5/c1-19(21-9-12-39-13-10-21)45-30-17-26-24(16-29(30)44-2)27(11-14-40-26)46-28-8-7-23(15-25(28)34)41(32(43)31(38)42)18-20-3-5-22(6-4-20)33(35,36)37/h3-8,11,14-17,19,21,39H,9-10,12-13,18H2,1-2H3,(H2,38,42). The second kappa shape index (κ2) is 13.6. The molecule has 2 amide bonds. The topological polar surface area (TPSA) is 116 Å². The van der Waals surface area contributed by atoms with Crippen LogP contribution in [0, 0.1) is 11.7 Å². The molecule has 0 saturated carbocycles. The summed E-state index contributed by atoms with van der Waals surface area (Å²) in [5.74, 6) is -1.94. The number of ether oxygens (including phenoxy) is 3. The summed E-state index contributed by atoms with van der Waals surface area (Å²) in [5.41, 5.74) is 5.05. The number of primary amides is 1. The van der Waals surface area contributed by atoms with Crippen molar-refractivity contribution in [3.63, 3.8) is 0 Å². The van der Waals surface area contributed by atoms with Gasteiger partial charge in [0, 0.05) is 29.4 Å². The van der Waals surface area contributed by atoms with E-state index in [0.29, 0.717) is 28.3 Å². The van der Waals surface area contributed by atoms with E-state index in [1.165, 1.54) is 25.4 Å². The Balaban J connectivity index is 1.39. The third-order valence-electron chi connectivity index (χ3n) is 7.87. The van der Waals surface area contributed by atoms with Crippen LogP contribution in [0.2, 0.25) is 0 Å². The van der Waals surface area contributed by atoms with Crippen LogP contribution in [0.1, 0.15) is 30.9 Å². The number of rotatable bonds is 9. The molecule has 1 saturated heterocycles. The number of nitrogens with two attached hydrogens (primary N) is 1. The van der Waals surface area contributed by atoms with Crippen LogP contribution < -0.4 is 30.2 Å². The average Bonchev–Trinajstić information content (AvgIpc) is 3.04. The largest absolute Gasteiger partial charge is 0.493 e. The molecular formula is C33H32F4N4O5. The zero-order chi connectivity index (χ0) is 33.0. The number of hydrogen-bond acceptors (Lipinski definition) is 7. The molecule has 9 nitrogen and oxygen atoms in total. The van der Waals surface area contributed by atoms with Crippen molar-refractivity contribution in [2.75, 3.05) is 25.1 Å². The predicted octanol–water partition coefficient (Wildman–Crippen LogP) is 5.98. The number of carbonyl (C=O) groups excluding carboxylic acids is 2. The summed E-state index contributed by atoms with van der Waals surface area (Å²) in [6.07, 6.45) is -1.09. The number of carbonyl (C=O) groups is 2. The number of methoxy groups -OCH3 is 1. The SMILES string of the molecule is COc1cc2c(Oc3ccc(N(Cc4ccc(C(F)(F)F)cc4)C(=O)C(N)=O)cc3F)ccnc2cc1OC(C)C1CCNCC1. The van der Waals surface area contributed by atoms with Crippen molar-refractivity contribution in [2.24, 2.45) is 11.7 Å². The zero-order valence-corrected chi connectivity index (χ0v) is 25.1. The number of benzene rings is 3. The maximum atomic E-state index is 15.4. The lowest BCUT2D eigenvalue weighted by molar-refractivity contribution is -0.137. The fourth-order valence-electron chi connectivity index (χ4n) is 5.33. The molecule has 46 heavy (non-hydrogen) atoms. The van der Waals surface area contributed by atoms with Crippen molar-refractivity contribution in [1.29, 1.82) is 0 Å². The molecule has 3 aromatic carbocycles. The molecule has 0 spiro atoms. The van der Waals surface area contributed by atoms with Gasteiger partial charge in [0.15, 0.2) is 23.1 Å². The third kappa shape index (κ3) is 7.31. The van der Waals surface area contributed by atoms with Crippen molar-refractivity contribution in [2.45, 2.75) is 38.6 Å². The summed E-state index contributed by atoms with van der Waals surface area (Å²) in [6.45, 7) is 3.56. The lowest BCUT2D eigenvalue weighted by Crippen LogP contribution is -2.40. The minimum absolute atomic E-state index is 0.0549. The lowest BCUT2D eigenvalue weighted by atomic mass is 9.93. The van der Waals surface area contributed by atoms with Gasteiger partial charge in [0.25, 0.3) is 0 Å². The number of anilines is 1. The van der Waals surface area contributed by atoms with Crippen LogP contribution in [0.15, 0.2) is 66.9 Å². The predicted molar refractivity (Wildman–Crippen MR) is 162 cm³/mol. The van der Waals surface area contributed by atoms with Crippen LogP contribution in [0.5, 0.6) is 23.0 Å². The van der Waals surface area contributed by atoms with Crippen LogP contribution in [0.3, 0.4) is 0 Å². The van der Waals surface area contributed by atoms with Crippen LogP contribution in [0.25, 0.3) is 10.9 Å². The molecule has 3 N–H and O–H groups in total. The summed E-state index contributed by atoms with van der Waals surface area (Å²) in [5, 5.41) is 3.87. The Hall–Kier alpha value is -4.91. The normalized spacial score (nSPS) is 14.5. The highest BCUT2D eigenvalue weighted by Crippen LogP contribution is 2.39. The number of halogens is 4. The molecule has 1 unspecified atom stereocenters. The third-order valence-corrected chi connectivity index (χ3v) is 7.87. The van der Waals surface area contributed by atoms with Gasteiger partial charge < -0.3 is 25.3 Å². The van der Waals surface area contributed by atoms with Crippen LogP contribution in [-0.2, 0) is 22.3 Å². The molecule has 0 aliphatic carbocycles. The second-order valence-corrected chi connectivity index (χ2v) is 10.9. The lowest BCUT2D eigenvalue weighted by Gasteiger charge is -2.29. The van der Waals surface area contributed by atoms with Gasteiger partial charge in [0.05, 0.1) is 30.8 Å². The number of pyridine rings is 1. The van der Waals surface area contributed by atoms with Crippen molar-refractivity contribution in [3.8, 4) is 23.0 Å². The van der Waals surface area contributed by atoms with Gasteiger partial charge in [-0.25, -0.2) is 4.39 Å². The first-order valence-corrected chi connectivity index (χ1v) is 14.5. The highest BCUT2D eigenvalue weighted by atomic mass is 19.4. The number of hydrogen-bond donors (Lipinski definition) is 2. The molecule has 1 fully saturated rings. The van der Waals surface area contributed by atoms with E-state index < -0.39 is 29.4 Å². The van der Waals surface area contributed by atoms with Crippen LogP contribution in [0.4, 0.5) is 23.2 Å². The second-order valence-electron chi connectivity index (χ2n) is 10.9. The van der Waals surface area contributed by atoms with Gasteiger partial charge in [-0.05, 0) is 80.7 Å². The summed E-state index contributed by atoms with van der Waals surface area (Å²) in [7, 11) is 1.52. The molecule has 5 rings (SSSR count). The van der Waals surface area contributed by atoms with Crippen molar-refractivity contribution in [1.82, 2.24) is 10.3 Å². The van der Waals surface area contributed by atoms with E-state index in [1.54, 1.807) is 18.2 Å². The fraction of sp³-hybridized carbons (Fsp3) is 0.303. The van der Waals surface area contributed by atoms with Crippen LogP contribution in [-0.4, -0.2) is 43.1 Å². The number of piperidine rings is 1. The summed E-state index contributed by atoms with van der Waals surface area (Å²) in [4.78, 5) is 29.7. The number of aromatic nitrogens is 1. The van der Waals surface area contributed by atoms with E-state index in [0.717, 1.165) is 61.2 Å². The molecule has 4 aromatic rings. The molecule has 242 valence electrons. The monoisotopic (exact) mass is 640 g/mol. The van der Waals surface area contributed by atoms with Gasteiger partial charge in [-0.3, -0.25) is 19.5 Å². The summed E-state index contributed by atoms with van der Waals surface area (Å²) in [6, 6.07) is 12.6. The molecular weight excluding hydrogens is 608 g/mol. The van der Waals surface area contributed by atoms with Gasteiger partial charge in [0.1, 0.15) is 5.75 Å². The Bertz CT molecular complexity index is 1730. The zero-order valence-electron chi connectivity index (χ0n) is 25.1. The quantitative estimate of drug-likeness (QED) is 0.171. The minimum atomic E-state index is -4.55. The van der Waals surface area contributed by atoms with Gasteiger partial charge >= 0.3 is 18.0 Å². The Labute approximate surface area is 262 Å². The average molecular weight is 641 g/mol. The Morgan fingerprint density at radius 2 is 1.72 bits per heavy atom. The van der Waals surface area contributed by atoms with Crippen molar-refractivity contribution >= 4 is 28.4 Å². The fourth-order valence-corrected chi connectivity index (χ4v) is 5.33. The van der Waals surface area contributed by atoms with E-state index in [-0.39, 0.29) is 35.4 Å². The Morgan fingerprint density at radius 1 is 1.00 bits per heavy atom. The van der Waals surface area contributed by atoms with Crippen molar-refractivity contribution in [3.05, 3.63) is 83.8 Å². The van der Waals surface area contributed by atoms with Crippen molar-refractivity contribution < 1.29 is 41.4 Å². The number of nitrogens with zero attached hydrogens (tertiary/aromatic N) is 2. The highest BCUT2D eigenvalue weighted by molar-refractivity contribution is 6.39. The number of nitrogens with one attached hydrogen (secondary N) is 1. The highest BCUT2D eigenvalue weighted by Gasteiger charge is 2.30. The maximum Gasteiger partial charge on any atom is 0.416 e.